The van der Waals surface area contributed by atoms with Crippen LogP contribution in [0.1, 0.15) is 17.7 Å². The minimum Gasteiger partial charge on any atom is -0.457 e. The molecule has 0 bridgehead atoms. The molecule has 0 saturated heterocycles. The first kappa shape index (κ1) is 20.1. The quantitative estimate of drug-likeness (QED) is 0.677. The molecule has 0 amide bonds. The topological polar surface area (TPSA) is 70.8 Å². The number of rotatable bonds is 6. The molecule has 1 aliphatic rings. The monoisotopic (exact) mass is 406 g/mol. The van der Waals surface area contributed by atoms with Crippen LogP contribution < -0.4 is 15.2 Å². The molecule has 0 radical (unpaired) electrons. The van der Waals surface area contributed by atoms with Gasteiger partial charge in [0.25, 0.3) is 5.56 Å². The van der Waals surface area contributed by atoms with Crippen molar-refractivity contribution < 1.29 is 9.84 Å². The SMILES string of the molecule is Cc1nc2n(c(=O)c1C)CN(CCCO)CN2c1ccc(Oc2ccccc2)cc1. The predicted molar refractivity (Wildman–Crippen MR) is 116 cm³/mol. The van der Waals surface area contributed by atoms with Gasteiger partial charge in [-0.25, -0.2) is 4.98 Å². The van der Waals surface area contributed by atoms with Crippen LogP contribution in [-0.2, 0) is 6.67 Å². The van der Waals surface area contributed by atoms with Crippen molar-refractivity contribution in [2.24, 2.45) is 0 Å². The molecule has 7 heteroatoms. The summed E-state index contributed by atoms with van der Waals surface area (Å²) in [6.45, 7) is 5.55. The van der Waals surface area contributed by atoms with Gasteiger partial charge in [-0.3, -0.25) is 19.2 Å². The second-order valence-electron chi connectivity index (χ2n) is 7.45. The number of aliphatic hydroxyl groups excluding tert-OH is 1. The molecule has 1 aliphatic heterocycles. The van der Waals surface area contributed by atoms with E-state index < -0.39 is 0 Å². The van der Waals surface area contributed by atoms with E-state index in [9.17, 15) is 9.90 Å². The van der Waals surface area contributed by atoms with Crippen LogP contribution in [0.4, 0.5) is 11.6 Å². The molecule has 0 fully saturated rings. The van der Waals surface area contributed by atoms with Crippen LogP contribution in [0.25, 0.3) is 0 Å². The van der Waals surface area contributed by atoms with Crippen LogP contribution in [0.2, 0.25) is 0 Å². The van der Waals surface area contributed by atoms with Gasteiger partial charge < -0.3 is 9.84 Å². The first-order chi connectivity index (χ1) is 14.6. The molecule has 0 unspecified atom stereocenters. The molecule has 2 aromatic carbocycles. The van der Waals surface area contributed by atoms with Gasteiger partial charge in [-0.15, -0.1) is 0 Å². The van der Waals surface area contributed by atoms with E-state index in [1.807, 2.05) is 73.3 Å². The van der Waals surface area contributed by atoms with Crippen LogP contribution in [0.3, 0.4) is 0 Å². The lowest BCUT2D eigenvalue weighted by Crippen LogP contribution is -2.48. The summed E-state index contributed by atoms with van der Waals surface area (Å²) < 4.78 is 7.60. The van der Waals surface area contributed by atoms with Gasteiger partial charge in [0.1, 0.15) is 11.5 Å². The summed E-state index contributed by atoms with van der Waals surface area (Å²) in [7, 11) is 0. The summed E-state index contributed by atoms with van der Waals surface area (Å²) in [5.41, 5.74) is 2.30. The summed E-state index contributed by atoms with van der Waals surface area (Å²) in [4.78, 5) is 21.8. The number of para-hydroxylation sites is 1. The Labute approximate surface area is 175 Å². The zero-order chi connectivity index (χ0) is 21.1. The predicted octanol–water partition coefficient (Wildman–Crippen LogP) is 3.40. The second kappa shape index (κ2) is 8.69. The Morgan fingerprint density at radius 2 is 1.70 bits per heavy atom. The molecule has 30 heavy (non-hydrogen) atoms. The van der Waals surface area contributed by atoms with E-state index in [1.54, 1.807) is 4.57 Å². The minimum atomic E-state index is -0.0276. The molecule has 7 nitrogen and oxygen atoms in total. The maximum absolute atomic E-state index is 12.9. The molecule has 0 spiro atoms. The lowest BCUT2D eigenvalue weighted by molar-refractivity contribution is 0.175. The van der Waals surface area contributed by atoms with Crippen molar-refractivity contribution in [2.75, 3.05) is 24.7 Å². The van der Waals surface area contributed by atoms with Gasteiger partial charge in [0, 0.05) is 30.1 Å². The number of benzene rings is 2. The summed E-state index contributed by atoms with van der Waals surface area (Å²) in [6, 6.07) is 17.4. The largest absolute Gasteiger partial charge is 0.457 e. The molecule has 1 N–H and O–H groups in total. The average Bonchev–Trinajstić information content (AvgIpc) is 2.77. The average molecular weight is 406 g/mol. The Hall–Kier alpha value is -3.16. The third-order valence-electron chi connectivity index (χ3n) is 5.30. The first-order valence-electron chi connectivity index (χ1n) is 10.1. The Balaban J connectivity index is 1.66. The van der Waals surface area contributed by atoms with Crippen molar-refractivity contribution in [3.05, 3.63) is 76.2 Å². The Morgan fingerprint density at radius 3 is 2.40 bits per heavy atom. The fourth-order valence-electron chi connectivity index (χ4n) is 3.54. The van der Waals surface area contributed by atoms with Gasteiger partial charge >= 0.3 is 0 Å². The molecular formula is C23H26N4O3. The van der Waals surface area contributed by atoms with Crippen molar-refractivity contribution in [2.45, 2.75) is 26.9 Å². The Morgan fingerprint density at radius 1 is 1.00 bits per heavy atom. The van der Waals surface area contributed by atoms with Gasteiger partial charge in [-0.05, 0) is 56.7 Å². The van der Waals surface area contributed by atoms with Crippen LogP contribution in [0, 0.1) is 13.8 Å². The van der Waals surface area contributed by atoms with E-state index in [0.29, 0.717) is 37.8 Å². The maximum atomic E-state index is 12.9. The van der Waals surface area contributed by atoms with Crippen molar-refractivity contribution in [3.63, 3.8) is 0 Å². The van der Waals surface area contributed by atoms with Crippen LogP contribution in [-0.4, -0.2) is 39.4 Å². The van der Waals surface area contributed by atoms with Gasteiger partial charge in [-0.2, -0.15) is 0 Å². The van der Waals surface area contributed by atoms with Crippen molar-refractivity contribution in [3.8, 4) is 11.5 Å². The lowest BCUT2D eigenvalue weighted by atomic mass is 10.2. The lowest BCUT2D eigenvalue weighted by Gasteiger charge is -2.38. The van der Waals surface area contributed by atoms with E-state index in [2.05, 4.69) is 4.90 Å². The molecule has 2 heterocycles. The van der Waals surface area contributed by atoms with Gasteiger partial charge in [0.05, 0.1) is 13.3 Å². The molecule has 3 aromatic rings. The first-order valence-corrected chi connectivity index (χ1v) is 10.1. The normalized spacial score (nSPS) is 13.9. The van der Waals surface area contributed by atoms with E-state index in [-0.39, 0.29) is 12.2 Å². The summed E-state index contributed by atoms with van der Waals surface area (Å²) in [5, 5.41) is 9.23. The molecular weight excluding hydrogens is 380 g/mol. The number of aliphatic hydroxyl groups is 1. The fraction of sp³-hybridized carbons (Fsp3) is 0.304. The van der Waals surface area contributed by atoms with Crippen LogP contribution in [0.15, 0.2) is 59.4 Å². The highest BCUT2D eigenvalue weighted by Gasteiger charge is 2.27. The number of ether oxygens (including phenoxy) is 1. The summed E-state index contributed by atoms with van der Waals surface area (Å²) >= 11 is 0. The summed E-state index contributed by atoms with van der Waals surface area (Å²) in [6.07, 6.45) is 0.653. The second-order valence-corrected chi connectivity index (χ2v) is 7.45. The van der Waals surface area contributed by atoms with Crippen molar-refractivity contribution >= 4 is 11.6 Å². The highest BCUT2D eigenvalue weighted by atomic mass is 16.5. The fourth-order valence-corrected chi connectivity index (χ4v) is 3.54. The standard InChI is InChI=1S/C23H26N4O3/c1-17-18(2)24-23-26(15-25(13-6-14-28)16-27(23)22(17)29)19-9-11-21(12-10-19)30-20-7-4-3-5-8-20/h3-5,7-12,28H,6,13-16H2,1-2H3. The van der Waals surface area contributed by atoms with Gasteiger partial charge in [0.2, 0.25) is 5.95 Å². The minimum absolute atomic E-state index is 0.0276. The zero-order valence-corrected chi connectivity index (χ0v) is 17.3. The highest BCUT2D eigenvalue weighted by Crippen LogP contribution is 2.30. The van der Waals surface area contributed by atoms with Gasteiger partial charge in [-0.1, -0.05) is 18.2 Å². The smallest absolute Gasteiger partial charge is 0.259 e. The van der Waals surface area contributed by atoms with E-state index in [1.165, 1.54) is 0 Å². The number of hydrogen-bond acceptors (Lipinski definition) is 6. The highest BCUT2D eigenvalue weighted by molar-refractivity contribution is 5.59. The summed E-state index contributed by atoms with van der Waals surface area (Å²) in [5.74, 6) is 2.16. The molecule has 0 atom stereocenters. The maximum Gasteiger partial charge on any atom is 0.259 e. The Kier molecular flexibility index (Phi) is 5.83. The number of hydrogen-bond donors (Lipinski definition) is 1. The van der Waals surface area contributed by atoms with Gasteiger partial charge in [0.15, 0.2) is 0 Å². The third-order valence-corrected chi connectivity index (χ3v) is 5.30. The van der Waals surface area contributed by atoms with Crippen molar-refractivity contribution in [1.82, 2.24) is 14.5 Å². The number of nitrogens with zero attached hydrogens (tertiary/aromatic N) is 4. The molecule has 0 saturated carbocycles. The Bertz CT molecular complexity index is 1060. The van der Waals surface area contributed by atoms with Crippen molar-refractivity contribution in [1.29, 1.82) is 0 Å². The van der Waals surface area contributed by atoms with Crippen LogP contribution in [0.5, 0.6) is 11.5 Å². The molecule has 0 aliphatic carbocycles. The van der Waals surface area contributed by atoms with E-state index in [4.69, 9.17) is 9.72 Å². The molecule has 156 valence electrons. The number of aromatic nitrogens is 2. The number of aryl methyl sites for hydroxylation is 1. The third kappa shape index (κ3) is 4.08. The van der Waals surface area contributed by atoms with E-state index in [0.717, 1.165) is 22.9 Å². The molecule has 4 rings (SSSR count). The number of fused-ring (bicyclic) bond motifs is 1. The zero-order valence-electron chi connectivity index (χ0n) is 17.3. The number of anilines is 2. The van der Waals surface area contributed by atoms with E-state index >= 15 is 0 Å². The molecule has 1 aromatic heterocycles. The van der Waals surface area contributed by atoms with Crippen LogP contribution >= 0.6 is 0 Å².